The molecule has 0 spiro atoms. The summed E-state index contributed by atoms with van der Waals surface area (Å²) in [5.74, 6) is 0.0644. The standard InChI is InChI=1S/C16H23FO2/c1-11-8-9-13(17)10-14(11)15(18)16(19-2)12-6-4-3-5-7-12/h8-10,12,15-16,18H,3-7H2,1-2H3. The lowest BCUT2D eigenvalue weighted by Gasteiger charge is -2.33. The predicted molar refractivity (Wildman–Crippen MR) is 73.5 cm³/mol. The summed E-state index contributed by atoms with van der Waals surface area (Å²) >= 11 is 0. The van der Waals surface area contributed by atoms with Gasteiger partial charge in [-0.2, -0.15) is 0 Å². The highest BCUT2D eigenvalue weighted by molar-refractivity contribution is 5.29. The lowest BCUT2D eigenvalue weighted by Crippen LogP contribution is -2.31. The summed E-state index contributed by atoms with van der Waals surface area (Å²) in [5, 5.41) is 10.5. The minimum absolute atomic E-state index is 0.235. The number of aliphatic hydroxyl groups is 1. The number of aliphatic hydroxyl groups excluding tert-OH is 1. The van der Waals surface area contributed by atoms with Crippen LogP contribution in [0.25, 0.3) is 0 Å². The van der Waals surface area contributed by atoms with E-state index in [2.05, 4.69) is 0 Å². The predicted octanol–water partition coefficient (Wildman–Crippen LogP) is 3.76. The van der Waals surface area contributed by atoms with Crippen LogP contribution in [0, 0.1) is 18.7 Å². The summed E-state index contributed by atoms with van der Waals surface area (Å²) in [6.07, 6.45) is 4.85. The molecule has 0 amide bonds. The summed E-state index contributed by atoms with van der Waals surface area (Å²) in [4.78, 5) is 0. The minimum atomic E-state index is -0.746. The van der Waals surface area contributed by atoms with Crippen LogP contribution in [0.4, 0.5) is 4.39 Å². The topological polar surface area (TPSA) is 29.5 Å². The zero-order valence-corrected chi connectivity index (χ0v) is 11.7. The third-order valence-corrected chi connectivity index (χ3v) is 4.26. The highest BCUT2D eigenvalue weighted by Crippen LogP contribution is 2.35. The molecular weight excluding hydrogens is 243 g/mol. The zero-order chi connectivity index (χ0) is 13.8. The van der Waals surface area contributed by atoms with Gasteiger partial charge < -0.3 is 9.84 Å². The summed E-state index contributed by atoms with van der Waals surface area (Å²) in [7, 11) is 1.64. The van der Waals surface area contributed by atoms with E-state index >= 15 is 0 Å². The van der Waals surface area contributed by atoms with Crippen LogP contribution in [0.1, 0.15) is 49.3 Å². The second-order valence-electron chi connectivity index (χ2n) is 5.54. The van der Waals surface area contributed by atoms with Crippen LogP contribution in [0.5, 0.6) is 0 Å². The van der Waals surface area contributed by atoms with Gasteiger partial charge in [0, 0.05) is 7.11 Å². The van der Waals surface area contributed by atoms with E-state index in [4.69, 9.17) is 4.74 Å². The second-order valence-corrected chi connectivity index (χ2v) is 5.54. The maximum absolute atomic E-state index is 13.4. The van der Waals surface area contributed by atoms with Gasteiger partial charge >= 0.3 is 0 Å². The molecule has 0 aromatic heterocycles. The fourth-order valence-electron chi connectivity index (χ4n) is 3.15. The van der Waals surface area contributed by atoms with Crippen LogP contribution >= 0.6 is 0 Å². The molecule has 19 heavy (non-hydrogen) atoms. The fourth-order valence-corrected chi connectivity index (χ4v) is 3.15. The van der Waals surface area contributed by atoms with Crippen molar-refractivity contribution in [2.45, 2.75) is 51.2 Å². The van der Waals surface area contributed by atoms with E-state index < -0.39 is 6.10 Å². The van der Waals surface area contributed by atoms with Crippen molar-refractivity contribution in [2.24, 2.45) is 5.92 Å². The summed E-state index contributed by atoms with van der Waals surface area (Å²) < 4.78 is 18.9. The Labute approximate surface area is 114 Å². The molecule has 0 radical (unpaired) electrons. The molecule has 0 heterocycles. The molecule has 0 aliphatic heterocycles. The Morgan fingerprint density at radius 3 is 2.58 bits per heavy atom. The number of hydrogen-bond donors (Lipinski definition) is 1. The molecule has 1 N–H and O–H groups in total. The lowest BCUT2D eigenvalue weighted by atomic mass is 9.81. The Bertz CT molecular complexity index is 413. The molecule has 1 saturated carbocycles. The maximum Gasteiger partial charge on any atom is 0.123 e. The van der Waals surface area contributed by atoms with Gasteiger partial charge in [0.05, 0.1) is 6.10 Å². The molecule has 1 aliphatic carbocycles. The van der Waals surface area contributed by atoms with Crippen molar-refractivity contribution in [2.75, 3.05) is 7.11 Å². The first-order valence-electron chi connectivity index (χ1n) is 7.10. The molecule has 2 nitrogen and oxygen atoms in total. The number of aryl methyl sites for hydroxylation is 1. The van der Waals surface area contributed by atoms with Crippen molar-refractivity contribution in [3.63, 3.8) is 0 Å². The van der Waals surface area contributed by atoms with E-state index in [9.17, 15) is 9.50 Å². The first kappa shape index (κ1) is 14.5. The first-order chi connectivity index (χ1) is 9.13. The molecule has 1 fully saturated rings. The average molecular weight is 266 g/mol. The molecule has 3 heteroatoms. The Morgan fingerprint density at radius 2 is 1.95 bits per heavy atom. The third kappa shape index (κ3) is 3.34. The van der Waals surface area contributed by atoms with Gasteiger partial charge in [0.15, 0.2) is 0 Å². The smallest absolute Gasteiger partial charge is 0.123 e. The van der Waals surface area contributed by atoms with Crippen LogP contribution in [0.2, 0.25) is 0 Å². The van der Waals surface area contributed by atoms with Gasteiger partial charge in [0.25, 0.3) is 0 Å². The van der Waals surface area contributed by atoms with Crippen molar-refractivity contribution in [1.82, 2.24) is 0 Å². The highest BCUT2D eigenvalue weighted by atomic mass is 19.1. The quantitative estimate of drug-likeness (QED) is 0.899. The summed E-state index contributed by atoms with van der Waals surface area (Å²) in [5.41, 5.74) is 1.56. The van der Waals surface area contributed by atoms with Crippen LogP contribution in [0.15, 0.2) is 18.2 Å². The van der Waals surface area contributed by atoms with Crippen LogP contribution in [0.3, 0.4) is 0 Å². The van der Waals surface area contributed by atoms with Crippen molar-refractivity contribution in [1.29, 1.82) is 0 Å². The van der Waals surface area contributed by atoms with Crippen molar-refractivity contribution >= 4 is 0 Å². The van der Waals surface area contributed by atoms with E-state index in [0.29, 0.717) is 11.5 Å². The Balaban J connectivity index is 2.19. The minimum Gasteiger partial charge on any atom is -0.386 e. The van der Waals surface area contributed by atoms with E-state index in [0.717, 1.165) is 18.4 Å². The third-order valence-electron chi connectivity index (χ3n) is 4.26. The Morgan fingerprint density at radius 1 is 1.26 bits per heavy atom. The largest absolute Gasteiger partial charge is 0.386 e. The molecule has 2 atom stereocenters. The average Bonchev–Trinajstić information content (AvgIpc) is 2.43. The number of methoxy groups -OCH3 is 1. The number of benzene rings is 1. The van der Waals surface area contributed by atoms with E-state index in [1.807, 2.05) is 6.92 Å². The molecule has 1 aromatic carbocycles. The molecule has 0 bridgehead atoms. The van der Waals surface area contributed by atoms with Gasteiger partial charge in [-0.1, -0.05) is 25.3 Å². The lowest BCUT2D eigenvalue weighted by molar-refractivity contribution is -0.0562. The molecule has 0 saturated heterocycles. The van der Waals surface area contributed by atoms with Gasteiger partial charge in [0.1, 0.15) is 11.9 Å². The van der Waals surface area contributed by atoms with Crippen molar-refractivity contribution in [3.05, 3.63) is 35.1 Å². The second kappa shape index (κ2) is 6.49. The van der Waals surface area contributed by atoms with E-state index in [1.54, 1.807) is 13.2 Å². The van der Waals surface area contributed by atoms with Crippen molar-refractivity contribution in [3.8, 4) is 0 Å². The first-order valence-corrected chi connectivity index (χ1v) is 7.10. The van der Waals surface area contributed by atoms with Crippen LogP contribution in [-0.2, 0) is 4.74 Å². The number of halogens is 1. The number of rotatable bonds is 4. The van der Waals surface area contributed by atoms with Gasteiger partial charge in [-0.15, -0.1) is 0 Å². The monoisotopic (exact) mass is 266 g/mol. The number of hydrogen-bond acceptors (Lipinski definition) is 2. The molecule has 2 unspecified atom stereocenters. The normalized spacial score (nSPS) is 20.2. The molecule has 1 aromatic rings. The zero-order valence-electron chi connectivity index (χ0n) is 11.7. The maximum atomic E-state index is 13.4. The van der Waals surface area contributed by atoms with E-state index in [1.165, 1.54) is 31.4 Å². The number of ether oxygens (including phenoxy) is 1. The van der Waals surface area contributed by atoms with Crippen LogP contribution in [-0.4, -0.2) is 18.3 Å². The van der Waals surface area contributed by atoms with Gasteiger partial charge in [-0.25, -0.2) is 4.39 Å². The van der Waals surface area contributed by atoms with Gasteiger partial charge in [-0.3, -0.25) is 0 Å². The highest BCUT2D eigenvalue weighted by Gasteiger charge is 2.31. The van der Waals surface area contributed by atoms with Crippen LogP contribution < -0.4 is 0 Å². The molecule has 2 rings (SSSR count). The summed E-state index contributed by atoms with van der Waals surface area (Å²) in [6.45, 7) is 1.89. The molecule has 106 valence electrons. The fraction of sp³-hybridized carbons (Fsp3) is 0.625. The molecule has 1 aliphatic rings. The summed E-state index contributed by atoms with van der Waals surface area (Å²) in [6, 6.07) is 4.56. The molecular formula is C16H23FO2. The van der Waals surface area contributed by atoms with E-state index in [-0.39, 0.29) is 11.9 Å². The SMILES string of the molecule is COC(C1CCCCC1)C(O)c1cc(F)ccc1C. The Hall–Kier alpha value is -0.930. The van der Waals surface area contributed by atoms with Gasteiger partial charge in [-0.05, 0) is 48.9 Å². The van der Waals surface area contributed by atoms with Gasteiger partial charge in [0.2, 0.25) is 0 Å². The van der Waals surface area contributed by atoms with Crippen molar-refractivity contribution < 1.29 is 14.2 Å². The Kier molecular flexibility index (Phi) is 4.94.